The Kier molecular flexibility index (Phi) is 12.1. The third-order valence-corrected chi connectivity index (χ3v) is 12.9. The van der Waals surface area contributed by atoms with Gasteiger partial charge in [-0.25, -0.2) is 13.1 Å². The van der Waals surface area contributed by atoms with Gasteiger partial charge in [0.1, 0.15) is 5.75 Å². The second-order valence-electron chi connectivity index (χ2n) is 14.8. The minimum atomic E-state index is -5.26. The van der Waals surface area contributed by atoms with Crippen LogP contribution in [-0.4, -0.2) is 49.7 Å². The van der Waals surface area contributed by atoms with Crippen molar-refractivity contribution in [3.63, 3.8) is 0 Å². The molecule has 0 radical (unpaired) electrons. The molecule has 3 aliphatic heterocycles. The number of thiocarbonyl (C=S) groups is 1. The van der Waals surface area contributed by atoms with Crippen molar-refractivity contribution >= 4 is 38.3 Å². The molecular weight excluding hydrogens is 813 g/mol. The number of alkyl halides is 6. The largest absolute Gasteiger partial charge is 0.497 e. The fourth-order valence-corrected chi connectivity index (χ4v) is 9.86. The average Bonchev–Trinajstić information content (AvgIpc) is 3.23. The number of rotatable bonds is 12. The summed E-state index contributed by atoms with van der Waals surface area (Å²) in [5, 5.41) is 7.83. The van der Waals surface area contributed by atoms with E-state index in [2.05, 4.69) is 31.8 Å². The van der Waals surface area contributed by atoms with Crippen LogP contribution in [0.1, 0.15) is 58.8 Å². The maximum atomic E-state index is 14.1. The Hall–Kier alpha value is -5.03. The predicted octanol–water partition coefficient (Wildman–Crippen LogP) is 9.14. The van der Waals surface area contributed by atoms with Gasteiger partial charge in [-0.05, 0) is 103 Å². The minimum Gasteiger partial charge on any atom is -0.497 e. The number of piperidine rings is 3. The van der Waals surface area contributed by atoms with Crippen molar-refractivity contribution in [1.82, 2.24) is 25.2 Å². The number of pyridine rings is 1. The molecule has 3 aliphatic rings. The number of aromatic nitrogens is 1. The van der Waals surface area contributed by atoms with Crippen LogP contribution in [0.4, 0.5) is 26.3 Å². The van der Waals surface area contributed by atoms with Crippen molar-refractivity contribution < 1.29 is 39.5 Å². The molecule has 3 N–H and O–H groups in total. The summed E-state index contributed by atoms with van der Waals surface area (Å²) in [6.45, 7) is 5.74. The van der Waals surface area contributed by atoms with E-state index in [-0.39, 0.29) is 29.4 Å². The Morgan fingerprint density at radius 1 is 0.881 bits per heavy atom. The lowest BCUT2D eigenvalue weighted by Crippen LogP contribution is -2.58. The fourth-order valence-electron chi connectivity index (χ4n) is 8.30. The molecular formula is C43H41F6N5O3S2. The summed E-state index contributed by atoms with van der Waals surface area (Å²) in [7, 11) is -3.50. The van der Waals surface area contributed by atoms with Gasteiger partial charge in [-0.15, -0.1) is 6.58 Å². The summed E-state index contributed by atoms with van der Waals surface area (Å²) < 4.78 is 120. The third kappa shape index (κ3) is 9.25. The number of nitrogens with one attached hydrogen (secondary N) is 3. The molecule has 0 amide bonds. The molecule has 1 unspecified atom stereocenters. The van der Waals surface area contributed by atoms with Crippen LogP contribution >= 0.6 is 12.2 Å². The normalized spacial score (nSPS) is 21.0. The van der Waals surface area contributed by atoms with Gasteiger partial charge in [0.25, 0.3) is 0 Å². The third-order valence-electron chi connectivity index (χ3n) is 11.2. The Morgan fingerprint density at radius 2 is 1.51 bits per heavy atom. The highest BCUT2D eigenvalue weighted by atomic mass is 32.2. The maximum Gasteiger partial charge on any atom is 0.416 e. The van der Waals surface area contributed by atoms with Gasteiger partial charge in [0.15, 0.2) is 5.11 Å². The summed E-state index contributed by atoms with van der Waals surface area (Å²) in [5.74, 6) is 1.35. The van der Waals surface area contributed by atoms with Crippen LogP contribution in [0.25, 0.3) is 10.9 Å². The van der Waals surface area contributed by atoms with Crippen LogP contribution in [0, 0.1) is 11.8 Å². The first-order valence-electron chi connectivity index (χ1n) is 18.8. The Morgan fingerprint density at radius 3 is 2.07 bits per heavy atom. The van der Waals surface area contributed by atoms with Crippen LogP contribution < -0.4 is 20.1 Å². The SMILES string of the molecule is C=C[C@H]1CN2CC[C@H]1C[C@H]2[C@@H](NC(=S)N[C@H](c1ccccc1)[C@H](NS(=O)(=O)c1cc(C(F)(F)F)cc(C(F)(F)F)c1)c1ccccc1)c1ccnc2ccc(OC)cc12. The molecule has 0 saturated carbocycles. The van der Waals surface area contributed by atoms with Gasteiger partial charge in [0.05, 0.1) is 46.8 Å². The molecule has 8 nitrogen and oxygen atoms in total. The van der Waals surface area contributed by atoms with E-state index in [1.165, 1.54) is 0 Å². The molecule has 7 atom stereocenters. The number of ether oxygens (including phenoxy) is 1. The number of hydrogen-bond acceptors (Lipinski definition) is 6. The predicted molar refractivity (Wildman–Crippen MR) is 217 cm³/mol. The van der Waals surface area contributed by atoms with E-state index in [0.29, 0.717) is 28.7 Å². The number of halogens is 6. The molecule has 4 heterocycles. The fraction of sp³-hybridized carbons (Fsp3) is 0.302. The van der Waals surface area contributed by atoms with Gasteiger partial charge in [0.2, 0.25) is 10.0 Å². The monoisotopic (exact) mass is 853 g/mol. The molecule has 8 rings (SSSR count). The van der Waals surface area contributed by atoms with Crippen molar-refractivity contribution in [3.05, 3.63) is 150 Å². The molecule has 3 saturated heterocycles. The van der Waals surface area contributed by atoms with Gasteiger partial charge in [-0.1, -0.05) is 66.7 Å². The zero-order chi connectivity index (χ0) is 42.1. The van der Waals surface area contributed by atoms with E-state index >= 15 is 0 Å². The molecule has 3 fully saturated rings. The van der Waals surface area contributed by atoms with E-state index in [0.717, 1.165) is 42.4 Å². The van der Waals surface area contributed by atoms with Crippen LogP contribution in [0.3, 0.4) is 0 Å². The quantitative estimate of drug-likeness (QED) is 0.0651. The highest BCUT2D eigenvalue weighted by Crippen LogP contribution is 2.43. The maximum absolute atomic E-state index is 14.1. The van der Waals surface area contributed by atoms with Crippen molar-refractivity contribution in [2.24, 2.45) is 11.8 Å². The number of methoxy groups -OCH3 is 1. The second kappa shape index (κ2) is 16.9. The molecule has 2 bridgehead atoms. The van der Waals surface area contributed by atoms with E-state index in [9.17, 15) is 34.8 Å². The van der Waals surface area contributed by atoms with Crippen LogP contribution in [0.15, 0.2) is 127 Å². The van der Waals surface area contributed by atoms with E-state index < -0.39 is 56.5 Å². The molecule has 310 valence electrons. The van der Waals surface area contributed by atoms with Crippen molar-refractivity contribution in [2.75, 3.05) is 20.2 Å². The van der Waals surface area contributed by atoms with E-state index in [1.807, 2.05) is 30.3 Å². The molecule has 0 spiro atoms. The molecule has 4 aromatic carbocycles. The first-order valence-corrected chi connectivity index (χ1v) is 20.7. The lowest BCUT2D eigenvalue weighted by atomic mass is 9.73. The second-order valence-corrected chi connectivity index (χ2v) is 16.9. The highest BCUT2D eigenvalue weighted by molar-refractivity contribution is 7.89. The molecule has 1 aromatic heterocycles. The van der Waals surface area contributed by atoms with E-state index in [1.54, 1.807) is 74.0 Å². The van der Waals surface area contributed by atoms with Crippen molar-refractivity contribution in [1.29, 1.82) is 0 Å². The number of fused-ring (bicyclic) bond motifs is 4. The Labute approximate surface area is 343 Å². The first kappa shape index (κ1) is 42.1. The van der Waals surface area contributed by atoms with Crippen LogP contribution in [0.2, 0.25) is 0 Å². The molecule has 59 heavy (non-hydrogen) atoms. The van der Waals surface area contributed by atoms with Gasteiger partial charge in [-0.3, -0.25) is 9.88 Å². The topological polar surface area (TPSA) is 95.6 Å². The van der Waals surface area contributed by atoms with Gasteiger partial charge in [0, 0.05) is 24.2 Å². The lowest BCUT2D eigenvalue weighted by Gasteiger charge is -2.52. The van der Waals surface area contributed by atoms with Gasteiger partial charge in [-0.2, -0.15) is 26.3 Å². The molecule has 16 heteroatoms. The summed E-state index contributed by atoms with van der Waals surface area (Å²) >= 11 is 6.07. The lowest BCUT2D eigenvalue weighted by molar-refractivity contribution is -0.143. The van der Waals surface area contributed by atoms with Gasteiger partial charge < -0.3 is 15.4 Å². The van der Waals surface area contributed by atoms with Crippen LogP contribution in [-0.2, 0) is 22.4 Å². The smallest absolute Gasteiger partial charge is 0.416 e. The number of hydrogen-bond donors (Lipinski definition) is 3. The minimum absolute atomic E-state index is 0.0381. The summed E-state index contributed by atoms with van der Waals surface area (Å²) in [5.41, 5.74) is -1.00. The average molecular weight is 854 g/mol. The highest BCUT2D eigenvalue weighted by Gasteiger charge is 2.44. The number of nitrogens with zero attached hydrogens (tertiary/aromatic N) is 2. The van der Waals surface area contributed by atoms with Crippen LogP contribution in [0.5, 0.6) is 5.75 Å². The standard InChI is InChI=1S/C43H41F6N5O3S2/c1-3-26-25-54-19-17-29(26)20-37(54)40(34-16-18-50-36-15-14-32(57-2)24-35(34)36)52-41(58)51-38(27-10-6-4-7-11-27)39(28-12-8-5-9-13-28)53-59(55,56)33-22-30(42(44,45)46)21-31(23-33)43(47,48)49/h3-16,18,21-24,26,29,37-40,53H,1,17,19-20,25H2,2H3,(H2,51,52,58)/t26-,29-,37-,38+,39+,40-/m0/s1. The first-order chi connectivity index (χ1) is 28.1. The summed E-state index contributed by atoms with van der Waals surface area (Å²) in [6.07, 6.45) is -4.95. The van der Waals surface area contributed by atoms with E-state index in [4.69, 9.17) is 17.0 Å². The molecule has 5 aromatic rings. The van der Waals surface area contributed by atoms with Gasteiger partial charge >= 0.3 is 12.4 Å². The zero-order valence-corrected chi connectivity index (χ0v) is 33.3. The number of benzene rings is 4. The Bertz CT molecular complexity index is 2390. The summed E-state index contributed by atoms with van der Waals surface area (Å²) in [4.78, 5) is 5.80. The Balaban J connectivity index is 1.29. The number of sulfonamides is 1. The van der Waals surface area contributed by atoms with Crippen molar-refractivity contribution in [2.45, 2.75) is 54.3 Å². The zero-order valence-electron chi connectivity index (χ0n) is 31.7. The summed E-state index contributed by atoms with van der Waals surface area (Å²) in [6, 6.07) is 21.8. The van der Waals surface area contributed by atoms with Crippen molar-refractivity contribution in [3.8, 4) is 5.75 Å². The molecule has 0 aliphatic carbocycles.